The average molecular weight is 339 g/mol. The zero-order chi connectivity index (χ0) is 15.6. The minimum atomic E-state index is 0.194. The molecule has 0 fully saturated rings. The molecule has 1 aliphatic heterocycles. The summed E-state index contributed by atoms with van der Waals surface area (Å²) < 4.78 is 0. The van der Waals surface area contributed by atoms with Gasteiger partial charge in [0.2, 0.25) is 0 Å². The van der Waals surface area contributed by atoms with Crippen LogP contribution in [0.25, 0.3) is 5.70 Å². The maximum Gasteiger partial charge on any atom is 0.0966 e. The number of thiophene rings is 2. The quantitative estimate of drug-likeness (QED) is 0.741. The molecule has 2 aromatic heterocycles. The topological polar surface area (TPSA) is 41.3 Å². The lowest BCUT2D eigenvalue weighted by molar-refractivity contribution is 0.726. The lowest BCUT2D eigenvalue weighted by Crippen LogP contribution is -2.33. The number of rotatable bonds is 4. The molecule has 0 saturated carbocycles. The minimum absolute atomic E-state index is 0.194. The fourth-order valence-corrected chi connectivity index (χ4v) is 4.10. The molecule has 3 heterocycles. The number of nitrogens with zero attached hydrogens (tertiary/aromatic N) is 1. The van der Waals surface area contributed by atoms with Crippen LogP contribution in [0, 0.1) is 0 Å². The monoisotopic (exact) mass is 339 g/mol. The molecule has 116 valence electrons. The number of hydrogen-bond donors (Lipinski definition) is 2. The molecule has 23 heavy (non-hydrogen) atoms. The number of benzene rings is 1. The molecule has 3 N–H and O–H groups in total. The van der Waals surface area contributed by atoms with Crippen LogP contribution in [0.5, 0.6) is 0 Å². The van der Waals surface area contributed by atoms with Crippen LogP contribution in [0.1, 0.15) is 22.7 Å². The second-order valence-corrected chi connectivity index (χ2v) is 7.01. The highest BCUT2D eigenvalue weighted by molar-refractivity contribution is 7.08. The molecule has 5 heteroatoms. The van der Waals surface area contributed by atoms with E-state index in [0.29, 0.717) is 6.54 Å². The lowest BCUT2D eigenvalue weighted by atomic mass is 10.1. The van der Waals surface area contributed by atoms with Gasteiger partial charge < -0.3 is 5.73 Å². The molecule has 1 aromatic carbocycles. The Morgan fingerprint density at radius 3 is 2.43 bits per heavy atom. The zero-order valence-electron chi connectivity index (χ0n) is 12.5. The fourth-order valence-electron chi connectivity index (χ4n) is 2.75. The number of hydrogen-bond acceptors (Lipinski definition) is 5. The van der Waals surface area contributed by atoms with Gasteiger partial charge in [-0.2, -0.15) is 22.7 Å². The molecule has 0 saturated heterocycles. The van der Waals surface area contributed by atoms with E-state index in [0.717, 1.165) is 16.9 Å². The van der Waals surface area contributed by atoms with Crippen LogP contribution in [0.2, 0.25) is 0 Å². The van der Waals surface area contributed by atoms with Crippen molar-refractivity contribution in [2.45, 2.75) is 12.6 Å². The number of nitrogens with two attached hydrogens (primary N) is 1. The van der Waals surface area contributed by atoms with E-state index in [1.54, 1.807) is 22.7 Å². The van der Waals surface area contributed by atoms with Gasteiger partial charge in [-0.3, -0.25) is 10.4 Å². The highest BCUT2D eigenvalue weighted by Crippen LogP contribution is 2.36. The highest BCUT2D eigenvalue weighted by Gasteiger charge is 2.27. The third-order valence-corrected chi connectivity index (χ3v) is 5.40. The number of anilines is 1. The van der Waals surface area contributed by atoms with Crippen LogP contribution in [0.3, 0.4) is 0 Å². The summed E-state index contributed by atoms with van der Waals surface area (Å²) in [6.45, 7) is 0.570. The van der Waals surface area contributed by atoms with Crippen molar-refractivity contribution in [1.82, 2.24) is 5.43 Å². The van der Waals surface area contributed by atoms with Gasteiger partial charge in [-0.25, -0.2) is 0 Å². The lowest BCUT2D eigenvalue weighted by Gasteiger charge is -2.27. The molecular weight excluding hydrogens is 322 g/mol. The second-order valence-electron chi connectivity index (χ2n) is 5.45. The van der Waals surface area contributed by atoms with Crippen molar-refractivity contribution in [1.29, 1.82) is 0 Å². The van der Waals surface area contributed by atoms with Crippen LogP contribution in [0.4, 0.5) is 5.69 Å². The summed E-state index contributed by atoms with van der Waals surface area (Å²) in [4.78, 5) is 0. The first kappa shape index (κ1) is 14.5. The van der Waals surface area contributed by atoms with Crippen LogP contribution in [0.15, 0.2) is 64.0 Å². The molecular formula is C18H17N3S2. The number of hydrazine groups is 1. The molecule has 0 amide bonds. The summed E-state index contributed by atoms with van der Waals surface area (Å²) in [5.41, 5.74) is 15.2. The third kappa shape index (κ3) is 2.79. The third-order valence-electron chi connectivity index (χ3n) is 4.01. The van der Waals surface area contributed by atoms with Crippen molar-refractivity contribution < 1.29 is 0 Å². The Balaban J connectivity index is 1.70. The summed E-state index contributed by atoms with van der Waals surface area (Å²) in [6.07, 6.45) is 2.29. The van der Waals surface area contributed by atoms with Crippen LogP contribution in [-0.2, 0) is 6.54 Å². The van der Waals surface area contributed by atoms with Crippen molar-refractivity contribution in [3.8, 4) is 0 Å². The van der Waals surface area contributed by atoms with E-state index in [4.69, 9.17) is 5.73 Å². The molecule has 1 unspecified atom stereocenters. The summed E-state index contributed by atoms with van der Waals surface area (Å²) in [5.74, 6) is 0. The predicted molar refractivity (Wildman–Crippen MR) is 99.3 cm³/mol. The summed E-state index contributed by atoms with van der Waals surface area (Å²) in [5, 5.41) is 10.8. The van der Waals surface area contributed by atoms with Crippen LogP contribution < -0.4 is 16.2 Å². The van der Waals surface area contributed by atoms with Gasteiger partial charge in [0.1, 0.15) is 0 Å². The molecule has 0 aliphatic carbocycles. The average Bonchev–Trinajstić information content (AvgIpc) is 3.34. The fraction of sp³-hybridized carbons (Fsp3) is 0.111. The van der Waals surface area contributed by atoms with E-state index in [1.807, 2.05) is 0 Å². The highest BCUT2D eigenvalue weighted by atomic mass is 32.1. The van der Waals surface area contributed by atoms with Crippen LogP contribution in [-0.4, -0.2) is 0 Å². The zero-order valence-corrected chi connectivity index (χ0v) is 14.1. The summed E-state index contributed by atoms with van der Waals surface area (Å²) >= 11 is 3.45. The Kier molecular flexibility index (Phi) is 3.91. The van der Waals surface area contributed by atoms with Gasteiger partial charge in [0.25, 0.3) is 0 Å². The van der Waals surface area contributed by atoms with Crippen molar-refractivity contribution >= 4 is 34.1 Å². The van der Waals surface area contributed by atoms with Gasteiger partial charge in [-0.15, -0.1) is 0 Å². The van der Waals surface area contributed by atoms with Gasteiger partial charge in [0.05, 0.1) is 17.4 Å². The molecule has 1 atom stereocenters. The molecule has 3 aromatic rings. The van der Waals surface area contributed by atoms with Crippen molar-refractivity contribution in [2.75, 3.05) is 5.01 Å². The van der Waals surface area contributed by atoms with Gasteiger partial charge in [0, 0.05) is 17.5 Å². The van der Waals surface area contributed by atoms with E-state index in [-0.39, 0.29) is 6.04 Å². The van der Waals surface area contributed by atoms with E-state index < -0.39 is 0 Å². The van der Waals surface area contributed by atoms with Gasteiger partial charge >= 0.3 is 0 Å². The first-order valence-electron chi connectivity index (χ1n) is 7.46. The minimum Gasteiger partial charge on any atom is -0.326 e. The van der Waals surface area contributed by atoms with Gasteiger partial charge in [-0.1, -0.05) is 12.1 Å². The van der Waals surface area contributed by atoms with Crippen LogP contribution >= 0.6 is 22.7 Å². The normalized spacial score (nSPS) is 17.2. The van der Waals surface area contributed by atoms with E-state index >= 15 is 0 Å². The predicted octanol–water partition coefficient (Wildman–Crippen LogP) is 4.38. The smallest absolute Gasteiger partial charge is 0.0966 e. The SMILES string of the molecule is NCc1ccc(N2NC(c3ccsc3)=CC2c2ccsc2)cc1. The second kappa shape index (κ2) is 6.20. The maximum atomic E-state index is 5.71. The molecule has 3 nitrogen and oxygen atoms in total. The Morgan fingerprint density at radius 1 is 1.00 bits per heavy atom. The Hall–Kier alpha value is -2.08. The Labute approximate surface area is 143 Å². The molecule has 4 rings (SSSR count). The van der Waals surface area contributed by atoms with E-state index in [2.05, 4.69) is 74.4 Å². The Morgan fingerprint density at radius 2 is 1.78 bits per heavy atom. The summed E-state index contributed by atoms with van der Waals surface area (Å²) in [6, 6.07) is 13.0. The van der Waals surface area contributed by atoms with E-state index in [9.17, 15) is 0 Å². The summed E-state index contributed by atoms with van der Waals surface area (Å²) in [7, 11) is 0. The first-order valence-corrected chi connectivity index (χ1v) is 9.35. The molecule has 1 aliphatic rings. The maximum absolute atomic E-state index is 5.71. The first-order chi connectivity index (χ1) is 11.3. The molecule has 0 spiro atoms. The van der Waals surface area contributed by atoms with E-state index in [1.165, 1.54) is 11.1 Å². The van der Waals surface area contributed by atoms with Gasteiger partial charge in [-0.05, 0) is 57.6 Å². The Bertz CT molecular complexity index is 789. The van der Waals surface area contributed by atoms with Crippen molar-refractivity contribution in [2.24, 2.45) is 5.73 Å². The standard InChI is InChI=1S/C18H17N3S2/c19-10-13-1-3-16(4-2-13)21-18(15-6-8-23-12-15)9-17(20-21)14-5-7-22-11-14/h1-9,11-12,18,20H,10,19H2. The van der Waals surface area contributed by atoms with Crippen molar-refractivity contribution in [3.05, 3.63) is 80.7 Å². The number of nitrogens with one attached hydrogen (secondary N) is 1. The van der Waals surface area contributed by atoms with Gasteiger partial charge in [0.15, 0.2) is 0 Å². The molecule has 0 radical (unpaired) electrons. The van der Waals surface area contributed by atoms with Crippen molar-refractivity contribution in [3.63, 3.8) is 0 Å². The molecule has 0 bridgehead atoms. The largest absolute Gasteiger partial charge is 0.326 e.